The lowest BCUT2D eigenvalue weighted by molar-refractivity contribution is -0.122. The number of amides is 2. The lowest BCUT2D eigenvalue weighted by Gasteiger charge is -2.19. The summed E-state index contributed by atoms with van der Waals surface area (Å²) in [5, 5.41) is 2.80. The van der Waals surface area contributed by atoms with Crippen molar-refractivity contribution in [2.75, 3.05) is 29.9 Å². The van der Waals surface area contributed by atoms with E-state index in [1.807, 2.05) is 31.2 Å². The minimum absolute atomic E-state index is 0.0836. The number of aryl methyl sites for hydroxylation is 1. The Labute approximate surface area is 177 Å². The molecule has 3 rings (SSSR count). The number of nitrogens with one attached hydrogen (secondary N) is 1. The van der Waals surface area contributed by atoms with Gasteiger partial charge in [0.25, 0.3) is 0 Å². The lowest BCUT2D eigenvalue weighted by Crippen LogP contribution is -2.30. The highest BCUT2D eigenvalue weighted by Gasteiger charge is 2.35. The number of hydrogen-bond donors (Lipinski definition) is 1. The van der Waals surface area contributed by atoms with E-state index in [4.69, 9.17) is 0 Å². The van der Waals surface area contributed by atoms with Gasteiger partial charge in [-0.05, 0) is 43.3 Å². The molecule has 1 aliphatic heterocycles. The van der Waals surface area contributed by atoms with E-state index in [2.05, 4.69) is 5.32 Å². The van der Waals surface area contributed by atoms with Crippen LogP contribution in [0.2, 0.25) is 0 Å². The van der Waals surface area contributed by atoms with Crippen LogP contribution >= 0.6 is 0 Å². The van der Waals surface area contributed by atoms with E-state index < -0.39 is 15.9 Å². The summed E-state index contributed by atoms with van der Waals surface area (Å²) in [6, 6.07) is 13.7. The molecule has 2 amide bonds. The van der Waals surface area contributed by atoms with Crippen LogP contribution in [0.5, 0.6) is 0 Å². The number of carbonyl (C=O) groups is 2. The molecule has 2 aromatic carbocycles. The first-order valence-corrected chi connectivity index (χ1v) is 11.5. The summed E-state index contributed by atoms with van der Waals surface area (Å²) < 4.78 is 26.5. The number of sulfonamides is 1. The summed E-state index contributed by atoms with van der Waals surface area (Å²) in [5.74, 6) is -0.796. The van der Waals surface area contributed by atoms with Gasteiger partial charge >= 0.3 is 0 Å². The van der Waals surface area contributed by atoms with Gasteiger partial charge in [0.15, 0.2) is 0 Å². The second-order valence-electron chi connectivity index (χ2n) is 7.34. The summed E-state index contributed by atoms with van der Waals surface area (Å²) in [7, 11) is -3.54. The van der Waals surface area contributed by atoms with Crippen LogP contribution in [0.4, 0.5) is 11.4 Å². The van der Waals surface area contributed by atoms with E-state index in [1.165, 1.54) is 16.4 Å². The van der Waals surface area contributed by atoms with Crippen LogP contribution in [0.1, 0.15) is 25.8 Å². The smallest absolute Gasteiger partial charge is 0.243 e. The van der Waals surface area contributed by atoms with Crippen LogP contribution in [-0.4, -0.2) is 44.2 Å². The third-order valence-corrected chi connectivity index (χ3v) is 7.37. The van der Waals surface area contributed by atoms with Crippen molar-refractivity contribution in [2.45, 2.75) is 32.1 Å². The Morgan fingerprint density at radius 3 is 2.23 bits per heavy atom. The zero-order valence-corrected chi connectivity index (χ0v) is 18.3. The van der Waals surface area contributed by atoms with E-state index >= 15 is 0 Å². The molecular formula is C22H27N3O4S. The number of carbonyl (C=O) groups excluding carboxylic acids is 2. The molecule has 8 heteroatoms. The molecule has 1 atom stereocenters. The van der Waals surface area contributed by atoms with Gasteiger partial charge in [0, 0.05) is 37.4 Å². The van der Waals surface area contributed by atoms with Crippen molar-refractivity contribution in [3.8, 4) is 0 Å². The molecule has 1 heterocycles. The Morgan fingerprint density at radius 1 is 1.07 bits per heavy atom. The molecule has 1 saturated heterocycles. The summed E-state index contributed by atoms with van der Waals surface area (Å²) in [6.45, 7) is 6.67. The fourth-order valence-electron chi connectivity index (χ4n) is 3.52. The minimum Gasteiger partial charge on any atom is -0.326 e. The SMILES string of the molecule is CCN(CC)S(=O)(=O)c1ccc(NC(=O)[C@@H]2CC(=O)N(c3ccc(C)cc3)C2)cc1. The number of benzene rings is 2. The average molecular weight is 430 g/mol. The van der Waals surface area contributed by atoms with E-state index in [0.717, 1.165) is 11.3 Å². The van der Waals surface area contributed by atoms with Crippen molar-refractivity contribution >= 4 is 33.2 Å². The van der Waals surface area contributed by atoms with Crippen LogP contribution in [0.25, 0.3) is 0 Å². The van der Waals surface area contributed by atoms with Gasteiger partial charge in [0.2, 0.25) is 21.8 Å². The van der Waals surface area contributed by atoms with Crippen molar-refractivity contribution in [1.29, 1.82) is 0 Å². The van der Waals surface area contributed by atoms with Gasteiger partial charge in [0.05, 0.1) is 10.8 Å². The van der Waals surface area contributed by atoms with Crippen LogP contribution in [0.15, 0.2) is 53.4 Å². The first-order chi connectivity index (χ1) is 14.3. The molecule has 1 fully saturated rings. The van der Waals surface area contributed by atoms with Gasteiger partial charge in [-0.25, -0.2) is 8.42 Å². The summed E-state index contributed by atoms with van der Waals surface area (Å²) in [6.07, 6.45) is 0.147. The first-order valence-electron chi connectivity index (χ1n) is 10.0. The predicted octanol–water partition coefficient (Wildman–Crippen LogP) is 3.02. The Morgan fingerprint density at radius 2 is 1.67 bits per heavy atom. The number of nitrogens with zero attached hydrogens (tertiary/aromatic N) is 2. The van der Waals surface area contributed by atoms with Crippen molar-refractivity contribution in [3.05, 3.63) is 54.1 Å². The molecule has 0 aromatic heterocycles. The Balaban J connectivity index is 1.66. The molecule has 1 aliphatic rings. The molecule has 2 aromatic rings. The predicted molar refractivity (Wildman–Crippen MR) is 117 cm³/mol. The van der Waals surface area contributed by atoms with E-state index in [-0.39, 0.29) is 23.1 Å². The maximum absolute atomic E-state index is 12.7. The molecule has 160 valence electrons. The fourth-order valence-corrected chi connectivity index (χ4v) is 4.98. The van der Waals surface area contributed by atoms with E-state index in [1.54, 1.807) is 30.9 Å². The molecule has 0 radical (unpaired) electrons. The second-order valence-corrected chi connectivity index (χ2v) is 9.28. The van der Waals surface area contributed by atoms with Gasteiger partial charge in [-0.2, -0.15) is 4.31 Å². The van der Waals surface area contributed by atoms with E-state index in [9.17, 15) is 18.0 Å². The van der Waals surface area contributed by atoms with Gasteiger partial charge in [-0.3, -0.25) is 9.59 Å². The molecule has 1 N–H and O–H groups in total. The monoisotopic (exact) mass is 429 g/mol. The highest BCUT2D eigenvalue weighted by atomic mass is 32.2. The summed E-state index contributed by atoms with van der Waals surface area (Å²) in [5.41, 5.74) is 2.39. The van der Waals surface area contributed by atoms with Crippen molar-refractivity contribution in [3.63, 3.8) is 0 Å². The van der Waals surface area contributed by atoms with Gasteiger partial charge in [-0.1, -0.05) is 31.5 Å². The zero-order chi connectivity index (χ0) is 21.9. The Kier molecular flexibility index (Phi) is 6.58. The normalized spacial score (nSPS) is 16.9. The van der Waals surface area contributed by atoms with Crippen molar-refractivity contribution in [2.24, 2.45) is 5.92 Å². The highest BCUT2D eigenvalue weighted by molar-refractivity contribution is 7.89. The maximum Gasteiger partial charge on any atom is 0.243 e. The number of rotatable bonds is 7. The molecule has 0 unspecified atom stereocenters. The zero-order valence-electron chi connectivity index (χ0n) is 17.5. The van der Waals surface area contributed by atoms with Crippen LogP contribution in [0, 0.1) is 12.8 Å². The van der Waals surface area contributed by atoms with Gasteiger partial charge < -0.3 is 10.2 Å². The minimum atomic E-state index is -3.54. The van der Waals surface area contributed by atoms with Gasteiger partial charge in [0.1, 0.15) is 0 Å². The Hall–Kier alpha value is -2.71. The summed E-state index contributed by atoms with van der Waals surface area (Å²) in [4.78, 5) is 26.8. The number of hydrogen-bond acceptors (Lipinski definition) is 4. The fraction of sp³-hybridized carbons (Fsp3) is 0.364. The van der Waals surface area contributed by atoms with Crippen molar-refractivity contribution < 1.29 is 18.0 Å². The van der Waals surface area contributed by atoms with E-state index in [0.29, 0.717) is 25.3 Å². The summed E-state index contributed by atoms with van der Waals surface area (Å²) >= 11 is 0. The molecular weight excluding hydrogens is 402 g/mol. The maximum atomic E-state index is 12.7. The largest absolute Gasteiger partial charge is 0.326 e. The quantitative estimate of drug-likeness (QED) is 0.733. The molecule has 30 heavy (non-hydrogen) atoms. The highest BCUT2D eigenvalue weighted by Crippen LogP contribution is 2.26. The van der Waals surface area contributed by atoms with Crippen LogP contribution in [-0.2, 0) is 19.6 Å². The molecule has 0 spiro atoms. The second kappa shape index (κ2) is 8.97. The Bertz CT molecular complexity index is 1010. The molecule has 0 aliphatic carbocycles. The van der Waals surface area contributed by atoms with Crippen LogP contribution < -0.4 is 10.2 Å². The van der Waals surface area contributed by atoms with Crippen molar-refractivity contribution in [1.82, 2.24) is 4.31 Å². The molecule has 0 bridgehead atoms. The first kappa shape index (κ1) is 22.0. The molecule has 7 nitrogen and oxygen atoms in total. The third kappa shape index (κ3) is 4.55. The lowest BCUT2D eigenvalue weighted by atomic mass is 10.1. The van der Waals surface area contributed by atoms with Crippen LogP contribution in [0.3, 0.4) is 0 Å². The number of anilines is 2. The molecule has 0 saturated carbocycles. The third-order valence-electron chi connectivity index (χ3n) is 5.31. The topological polar surface area (TPSA) is 86.8 Å². The van der Waals surface area contributed by atoms with Gasteiger partial charge in [-0.15, -0.1) is 0 Å². The average Bonchev–Trinajstić information content (AvgIpc) is 3.11. The standard InChI is InChI=1S/C22H27N3O4S/c1-4-24(5-2)30(28,29)20-12-8-18(9-13-20)23-22(27)17-14-21(26)25(15-17)19-10-6-16(3)7-11-19/h6-13,17H,4-5,14-15H2,1-3H3,(H,23,27)/t17-/m1/s1.